The van der Waals surface area contributed by atoms with Gasteiger partial charge in [-0.15, -0.1) is 0 Å². The third-order valence-corrected chi connectivity index (χ3v) is 13.8. The van der Waals surface area contributed by atoms with E-state index >= 15 is 0 Å². The number of hydrogen-bond donors (Lipinski definition) is 5. The molecule has 1 heterocycles. The average Bonchev–Trinajstić information content (AvgIpc) is 3.34. The monoisotopic (exact) mass is 738 g/mol. The highest BCUT2D eigenvalue weighted by molar-refractivity contribution is 7.81. The van der Waals surface area contributed by atoms with Crippen LogP contribution in [0.15, 0.2) is 11.6 Å². The van der Waals surface area contributed by atoms with E-state index in [2.05, 4.69) is 31.0 Å². The number of allylic oxidation sites excluding steroid dienone is 2. The van der Waals surface area contributed by atoms with E-state index in [1.165, 1.54) is 12.5 Å². The van der Waals surface area contributed by atoms with Gasteiger partial charge in [-0.2, -0.15) is 16.8 Å². The van der Waals surface area contributed by atoms with Crippen molar-refractivity contribution in [3.05, 3.63) is 11.6 Å². The topological polar surface area (TPSA) is 223 Å². The first-order chi connectivity index (χ1) is 22.6. The molecule has 5 N–H and O–H groups in total. The van der Waals surface area contributed by atoms with Crippen LogP contribution >= 0.6 is 0 Å². The molecule has 3 saturated carbocycles. The molecule has 0 aromatic carbocycles. The SMILES string of the molecule is CC(C)C(O)C(=O)C[C@@H](C)[C@H]1CCC2C3C[C@H](O[C@@H]4O[C@H](C)[C@@H](OS(=O)(=O)O)[C@H](O)[C@H]4O)C4C[C@@H](OS(=O)(=O)O)CC[C@]4(C)C3=CC[C@@]21C. The van der Waals surface area contributed by atoms with Crippen molar-refractivity contribution in [2.45, 2.75) is 142 Å². The zero-order valence-electron chi connectivity index (χ0n) is 29.0. The minimum Gasteiger partial charge on any atom is -0.387 e. The van der Waals surface area contributed by atoms with Gasteiger partial charge in [0.15, 0.2) is 12.1 Å². The van der Waals surface area contributed by atoms with Crippen molar-refractivity contribution in [1.82, 2.24) is 0 Å². The van der Waals surface area contributed by atoms with Crippen LogP contribution in [-0.4, -0.2) is 96.1 Å². The van der Waals surface area contributed by atoms with Gasteiger partial charge in [0.2, 0.25) is 0 Å². The number of ether oxygens (including phenoxy) is 2. The summed E-state index contributed by atoms with van der Waals surface area (Å²) in [4.78, 5) is 12.9. The third kappa shape index (κ3) is 7.85. The Kier molecular flexibility index (Phi) is 11.2. The molecule has 49 heavy (non-hydrogen) atoms. The van der Waals surface area contributed by atoms with Crippen molar-refractivity contribution in [2.24, 2.45) is 46.3 Å². The van der Waals surface area contributed by atoms with Crippen LogP contribution < -0.4 is 0 Å². The van der Waals surface area contributed by atoms with Gasteiger partial charge in [0, 0.05) is 6.42 Å². The summed E-state index contributed by atoms with van der Waals surface area (Å²) in [7, 11) is -9.69. The van der Waals surface area contributed by atoms with Crippen LogP contribution in [0.2, 0.25) is 0 Å². The zero-order chi connectivity index (χ0) is 36.4. The molecule has 282 valence electrons. The maximum Gasteiger partial charge on any atom is 0.397 e. The molecule has 0 bridgehead atoms. The van der Waals surface area contributed by atoms with E-state index in [9.17, 15) is 46.1 Å². The quantitative estimate of drug-likeness (QED) is 0.152. The molecule has 16 heteroatoms. The number of aliphatic hydroxyl groups excluding tert-OH is 3. The predicted molar refractivity (Wildman–Crippen MR) is 174 cm³/mol. The lowest BCUT2D eigenvalue weighted by Crippen LogP contribution is -2.61. The maximum absolute atomic E-state index is 12.9. The lowest BCUT2D eigenvalue weighted by Gasteiger charge is -2.59. The number of ketones is 1. The lowest BCUT2D eigenvalue weighted by atomic mass is 9.47. The van der Waals surface area contributed by atoms with Crippen molar-refractivity contribution < 1.29 is 63.9 Å². The van der Waals surface area contributed by atoms with E-state index in [0.717, 1.165) is 19.3 Å². The number of hydrogen-bond acceptors (Lipinski definition) is 12. The fourth-order valence-electron chi connectivity index (χ4n) is 10.4. The molecule has 5 aliphatic rings. The highest BCUT2D eigenvalue weighted by atomic mass is 32.3. The highest BCUT2D eigenvalue weighted by Gasteiger charge is 2.61. The summed E-state index contributed by atoms with van der Waals surface area (Å²) < 4.78 is 86.8. The fraction of sp³-hybridized carbons (Fsp3) is 0.909. The number of carbonyl (C=O) groups excluding carboxylic acids is 1. The van der Waals surface area contributed by atoms with Gasteiger partial charge in [-0.3, -0.25) is 13.9 Å². The molecule has 0 aromatic rings. The highest BCUT2D eigenvalue weighted by Crippen LogP contribution is 2.67. The zero-order valence-corrected chi connectivity index (χ0v) is 30.7. The van der Waals surface area contributed by atoms with Crippen LogP contribution in [0.5, 0.6) is 0 Å². The van der Waals surface area contributed by atoms with E-state index in [1.54, 1.807) is 0 Å². The van der Waals surface area contributed by atoms with Gasteiger partial charge >= 0.3 is 20.8 Å². The molecule has 4 unspecified atom stereocenters. The number of carbonyl (C=O) groups is 1. The predicted octanol–water partition coefficient (Wildman–Crippen LogP) is 3.02. The minimum atomic E-state index is -4.97. The Labute approximate surface area is 289 Å². The Morgan fingerprint density at radius 1 is 0.980 bits per heavy atom. The van der Waals surface area contributed by atoms with Crippen molar-refractivity contribution in [3.63, 3.8) is 0 Å². The molecule has 14 nitrogen and oxygen atoms in total. The van der Waals surface area contributed by atoms with Crippen molar-refractivity contribution >= 4 is 26.6 Å². The second-order valence-corrected chi connectivity index (χ2v) is 18.2. The largest absolute Gasteiger partial charge is 0.397 e. The summed E-state index contributed by atoms with van der Waals surface area (Å²) in [6, 6.07) is 0. The molecule has 5 rings (SSSR count). The molecule has 0 aromatic heterocycles. The van der Waals surface area contributed by atoms with Gasteiger partial charge in [-0.25, -0.2) is 8.37 Å². The molecule has 1 saturated heterocycles. The summed E-state index contributed by atoms with van der Waals surface area (Å²) in [5.41, 5.74) is 0.668. The third-order valence-electron chi connectivity index (χ3n) is 12.8. The molecule has 4 aliphatic carbocycles. The van der Waals surface area contributed by atoms with Crippen LogP contribution in [0, 0.1) is 46.3 Å². The van der Waals surface area contributed by atoms with E-state index in [0.29, 0.717) is 25.7 Å². The molecule has 0 radical (unpaired) electrons. The first-order valence-corrected chi connectivity index (χ1v) is 20.2. The van der Waals surface area contributed by atoms with E-state index in [1.807, 2.05) is 13.8 Å². The van der Waals surface area contributed by atoms with Gasteiger partial charge in [-0.05, 0) is 98.2 Å². The normalized spacial score (nSPS) is 44.0. The molecular formula is C33H54O14S2. The van der Waals surface area contributed by atoms with Gasteiger partial charge in [0.05, 0.1) is 18.3 Å². The Morgan fingerprint density at radius 3 is 2.24 bits per heavy atom. The summed E-state index contributed by atoms with van der Waals surface area (Å²) in [5.74, 6) is -0.0488. The Balaban J connectivity index is 1.43. The Morgan fingerprint density at radius 2 is 1.63 bits per heavy atom. The van der Waals surface area contributed by atoms with E-state index < -0.39 is 75.2 Å². The second kappa shape index (κ2) is 14.1. The first-order valence-electron chi connectivity index (χ1n) is 17.5. The number of Topliss-reactive ketones (excluding diaryl/α,β-unsaturated/α-hetero) is 1. The van der Waals surface area contributed by atoms with Gasteiger partial charge in [0.25, 0.3) is 0 Å². The van der Waals surface area contributed by atoms with Crippen LogP contribution in [0.25, 0.3) is 0 Å². The van der Waals surface area contributed by atoms with Crippen molar-refractivity contribution in [1.29, 1.82) is 0 Å². The standard InChI is InChI=1S/C33H54O14S2/c1-16(2)27(35)25(34)13-17(3)21-7-8-22-20-15-26(45-31-29(37)28(36)30(18(4)44-31)47-49(41,42)43)24-14-19(46-48(38,39)40)9-11-33(24,6)23(20)10-12-32(21,22)5/h10,16-22,24,26-31,35-37H,7-9,11-15H2,1-6H3,(H,38,39,40)(H,41,42,43)/t17-,18-,19+,20?,21-,22?,24?,26+,27?,28-,29-,30-,31+,32-,33-/m1/s1. The Hall–Kier alpha value is -1.05. The molecule has 15 atom stereocenters. The molecular weight excluding hydrogens is 684 g/mol. The van der Waals surface area contributed by atoms with Gasteiger partial charge in [-0.1, -0.05) is 46.3 Å². The lowest BCUT2D eigenvalue weighted by molar-refractivity contribution is -0.312. The summed E-state index contributed by atoms with van der Waals surface area (Å²) >= 11 is 0. The number of rotatable bonds is 11. The summed E-state index contributed by atoms with van der Waals surface area (Å²) in [6.45, 7) is 11.6. The minimum absolute atomic E-state index is 0.0527. The fourth-order valence-corrected chi connectivity index (χ4v) is 11.5. The van der Waals surface area contributed by atoms with Crippen LogP contribution in [0.4, 0.5) is 0 Å². The van der Waals surface area contributed by atoms with Crippen LogP contribution in [0.3, 0.4) is 0 Å². The Bertz CT molecular complexity index is 1480. The van der Waals surface area contributed by atoms with Gasteiger partial charge in [0.1, 0.15) is 24.4 Å². The maximum atomic E-state index is 12.9. The number of aliphatic hydroxyl groups is 3. The summed E-state index contributed by atoms with van der Waals surface area (Å²) in [6.07, 6.45) is -3.17. The number of fused-ring (bicyclic) bond motifs is 5. The van der Waals surface area contributed by atoms with Crippen molar-refractivity contribution in [2.75, 3.05) is 0 Å². The summed E-state index contributed by atoms with van der Waals surface area (Å²) in [5, 5.41) is 32.3. The van der Waals surface area contributed by atoms with Gasteiger partial charge < -0.3 is 24.8 Å². The molecule has 0 amide bonds. The van der Waals surface area contributed by atoms with Crippen LogP contribution in [-0.2, 0) is 43.4 Å². The van der Waals surface area contributed by atoms with E-state index in [-0.39, 0.29) is 53.1 Å². The average molecular weight is 739 g/mol. The second-order valence-electron chi connectivity index (χ2n) is 16.1. The molecule has 0 spiro atoms. The van der Waals surface area contributed by atoms with Crippen molar-refractivity contribution in [3.8, 4) is 0 Å². The molecule has 1 aliphatic heterocycles. The smallest absolute Gasteiger partial charge is 0.387 e. The van der Waals surface area contributed by atoms with E-state index in [4.69, 9.17) is 13.7 Å². The molecule has 4 fully saturated rings. The first kappa shape index (κ1) is 39.2. The van der Waals surface area contributed by atoms with Crippen LogP contribution in [0.1, 0.15) is 92.9 Å².